The maximum Gasteiger partial charge on any atom is 0.335 e. The van der Waals surface area contributed by atoms with Gasteiger partial charge in [0.2, 0.25) is 10.0 Å². The minimum absolute atomic E-state index is 0.0258. The van der Waals surface area contributed by atoms with Crippen molar-refractivity contribution in [2.24, 2.45) is 5.14 Å². The standard InChI is InChI=1S/C25H28N2O5S/c1-2-3-15-27(16-14-19-10-6-4-7-11-19)22-17-20(25(28)29)18-23(33(26,30)31)24(22)32-21-12-8-5-9-13-21/h4-13,17-18H,2-3,14-16H2,1H3,(H,28,29)(H2,26,30,31). The molecule has 0 amide bonds. The largest absolute Gasteiger partial charge is 0.478 e. The molecule has 0 aliphatic carbocycles. The van der Waals surface area contributed by atoms with Gasteiger partial charge in [0, 0.05) is 13.1 Å². The van der Waals surface area contributed by atoms with E-state index >= 15 is 0 Å². The molecular formula is C25H28N2O5S. The molecular weight excluding hydrogens is 440 g/mol. The molecule has 174 valence electrons. The van der Waals surface area contributed by atoms with Crippen molar-refractivity contribution in [3.05, 3.63) is 83.9 Å². The number of aromatic carboxylic acids is 1. The number of hydrogen-bond donors (Lipinski definition) is 2. The summed E-state index contributed by atoms with van der Waals surface area (Å²) in [4.78, 5) is 13.4. The molecule has 0 aliphatic rings. The Hall–Kier alpha value is -3.36. The number of carboxylic acid groups (broad SMARTS) is 1. The minimum atomic E-state index is -4.27. The second-order valence-corrected chi connectivity index (χ2v) is 9.19. The first-order chi connectivity index (χ1) is 15.8. The molecule has 3 aromatic rings. The van der Waals surface area contributed by atoms with Gasteiger partial charge >= 0.3 is 5.97 Å². The number of carboxylic acids is 1. The monoisotopic (exact) mass is 468 g/mol. The van der Waals surface area contributed by atoms with Crippen molar-refractivity contribution in [3.8, 4) is 11.5 Å². The van der Waals surface area contributed by atoms with Crippen molar-refractivity contribution in [2.75, 3.05) is 18.0 Å². The average molecular weight is 469 g/mol. The summed E-state index contributed by atoms with van der Waals surface area (Å²) in [5.41, 5.74) is 1.33. The van der Waals surface area contributed by atoms with Crippen molar-refractivity contribution in [1.29, 1.82) is 0 Å². The number of rotatable bonds is 11. The summed E-state index contributed by atoms with van der Waals surface area (Å²) in [6.07, 6.45) is 2.44. The second kappa shape index (κ2) is 11.0. The molecule has 8 heteroatoms. The quantitative estimate of drug-likeness (QED) is 0.423. The molecule has 0 bridgehead atoms. The van der Waals surface area contributed by atoms with E-state index in [1.165, 1.54) is 6.07 Å². The summed E-state index contributed by atoms with van der Waals surface area (Å²) in [5.74, 6) is -0.797. The van der Waals surface area contributed by atoms with Crippen LogP contribution < -0.4 is 14.8 Å². The summed E-state index contributed by atoms with van der Waals surface area (Å²) >= 11 is 0. The molecule has 3 rings (SSSR count). The third-order valence-electron chi connectivity index (χ3n) is 5.19. The number of unbranched alkanes of at least 4 members (excludes halogenated alkanes) is 1. The molecule has 0 unspecified atom stereocenters. The van der Waals surface area contributed by atoms with Crippen LogP contribution in [0.5, 0.6) is 11.5 Å². The Morgan fingerprint density at radius 3 is 2.21 bits per heavy atom. The first-order valence-electron chi connectivity index (χ1n) is 10.8. The van der Waals surface area contributed by atoms with Gasteiger partial charge in [0.25, 0.3) is 0 Å². The Morgan fingerprint density at radius 2 is 1.64 bits per heavy atom. The highest BCUT2D eigenvalue weighted by Gasteiger charge is 2.26. The number of ether oxygens (including phenoxy) is 1. The lowest BCUT2D eigenvalue weighted by molar-refractivity contribution is 0.0696. The predicted octanol–water partition coefficient (Wildman–Crippen LogP) is 4.67. The van der Waals surface area contributed by atoms with E-state index in [1.54, 1.807) is 24.3 Å². The van der Waals surface area contributed by atoms with Crippen LogP contribution in [0.25, 0.3) is 0 Å². The smallest absolute Gasteiger partial charge is 0.335 e. The number of sulfonamides is 1. The van der Waals surface area contributed by atoms with E-state index in [1.807, 2.05) is 41.3 Å². The Bertz CT molecular complexity index is 1180. The molecule has 0 fully saturated rings. The number of hydrogen-bond acceptors (Lipinski definition) is 5. The molecule has 0 saturated heterocycles. The third-order valence-corrected chi connectivity index (χ3v) is 6.10. The van der Waals surface area contributed by atoms with Gasteiger partial charge in [0.15, 0.2) is 5.75 Å². The van der Waals surface area contributed by atoms with E-state index in [2.05, 4.69) is 6.92 Å². The van der Waals surface area contributed by atoms with Crippen LogP contribution in [0.2, 0.25) is 0 Å². The second-order valence-electron chi connectivity index (χ2n) is 7.66. The van der Waals surface area contributed by atoms with Gasteiger partial charge in [0.1, 0.15) is 10.6 Å². The van der Waals surface area contributed by atoms with Crippen molar-refractivity contribution >= 4 is 21.7 Å². The molecule has 0 heterocycles. The lowest BCUT2D eigenvalue weighted by atomic mass is 10.1. The maximum atomic E-state index is 12.5. The van der Waals surface area contributed by atoms with Crippen LogP contribution in [0, 0.1) is 0 Å². The lowest BCUT2D eigenvalue weighted by Crippen LogP contribution is -2.28. The van der Waals surface area contributed by atoms with Gasteiger partial charge in [-0.1, -0.05) is 61.9 Å². The van der Waals surface area contributed by atoms with Gasteiger partial charge in [-0.2, -0.15) is 0 Å². The van der Waals surface area contributed by atoms with Crippen LogP contribution in [0.3, 0.4) is 0 Å². The Balaban J connectivity index is 2.14. The van der Waals surface area contributed by atoms with E-state index in [0.717, 1.165) is 24.5 Å². The minimum Gasteiger partial charge on any atom is -0.478 e. The van der Waals surface area contributed by atoms with Crippen LogP contribution in [0.4, 0.5) is 5.69 Å². The summed E-state index contributed by atoms with van der Waals surface area (Å²) in [6.45, 7) is 3.20. The fraction of sp³-hybridized carbons (Fsp3) is 0.240. The van der Waals surface area contributed by atoms with Gasteiger partial charge in [-0.05, 0) is 42.7 Å². The van der Waals surface area contributed by atoms with E-state index in [9.17, 15) is 18.3 Å². The topological polar surface area (TPSA) is 110 Å². The highest BCUT2D eigenvalue weighted by molar-refractivity contribution is 7.89. The van der Waals surface area contributed by atoms with Crippen LogP contribution in [0.1, 0.15) is 35.7 Å². The van der Waals surface area contributed by atoms with Crippen LogP contribution in [-0.4, -0.2) is 32.6 Å². The number of para-hydroxylation sites is 1. The van der Waals surface area contributed by atoms with Gasteiger partial charge in [-0.25, -0.2) is 18.4 Å². The number of nitrogens with zero attached hydrogens (tertiary/aromatic N) is 1. The molecule has 33 heavy (non-hydrogen) atoms. The Labute approximate surface area is 194 Å². The number of carbonyl (C=O) groups is 1. The van der Waals surface area contributed by atoms with Gasteiger partial charge < -0.3 is 14.7 Å². The van der Waals surface area contributed by atoms with Crippen LogP contribution in [0.15, 0.2) is 77.7 Å². The van der Waals surface area contributed by atoms with Crippen LogP contribution in [-0.2, 0) is 16.4 Å². The molecule has 0 spiro atoms. The fourth-order valence-corrected chi connectivity index (χ4v) is 4.17. The highest BCUT2D eigenvalue weighted by Crippen LogP contribution is 2.39. The Kier molecular flexibility index (Phi) is 8.08. The molecule has 3 aromatic carbocycles. The number of anilines is 1. The van der Waals surface area contributed by atoms with Gasteiger partial charge in [-0.15, -0.1) is 0 Å². The molecule has 0 saturated carbocycles. The highest BCUT2D eigenvalue weighted by atomic mass is 32.2. The summed E-state index contributed by atoms with van der Waals surface area (Å²) in [6, 6.07) is 21.1. The van der Waals surface area contributed by atoms with Crippen molar-refractivity contribution in [1.82, 2.24) is 0 Å². The molecule has 7 nitrogen and oxygen atoms in total. The first kappa shape index (κ1) is 24.3. The van der Waals surface area contributed by atoms with Crippen molar-refractivity contribution < 1.29 is 23.1 Å². The maximum absolute atomic E-state index is 12.5. The summed E-state index contributed by atoms with van der Waals surface area (Å²) in [7, 11) is -4.27. The average Bonchev–Trinajstić information content (AvgIpc) is 2.80. The van der Waals surface area contributed by atoms with E-state index in [0.29, 0.717) is 30.9 Å². The normalized spacial score (nSPS) is 11.2. The van der Waals surface area contributed by atoms with Gasteiger partial charge in [0.05, 0.1) is 11.3 Å². The van der Waals surface area contributed by atoms with Crippen LogP contribution >= 0.6 is 0 Å². The first-order valence-corrected chi connectivity index (χ1v) is 12.3. The third kappa shape index (κ3) is 6.57. The number of nitrogens with two attached hydrogens (primary N) is 1. The van der Waals surface area contributed by atoms with Gasteiger partial charge in [-0.3, -0.25) is 0 Å². The van der Waals surface area contributed by atoms with E-state index in [-0.39, 0.29) is 16.2 Å². The number of primary sulfonamides is 1. The zero-order valence-corrected chi connectivity index (χ0v) is 19.3. The molecule has 3 N–H and O–H groups in total. The van der Waals surface area contributed by atoms with E-state index < -0.39 is 16.0 Å². The van der Waals surface area contributed by atoms with Crippen molar-refractivity contribution in [3.63, 3.8) is 0 Å². The van der Waals surface area contributed by atoms with Crippen molar-refractivity contribution in [2.45, 2.75) is 31.1 Å². The summed E-state index contributed by atoms with van der Waals surface area (Å²) < 4.78 is 31.0. The van der Waals surface area contributed by atoms with E-state index in [4.69, 9.17) is 9.88 Å². The lowest BCUT2D eigenvalue weighted by Gasteiger charge is -2.28. The zero-order valence-electron chi connectivity index (χ0n) is 18.5. The molecule has 0 aromatic heterocycles. The Morgan fingerprint density at radius 1 is 1.00 bits per heavy atom. The predicted molar refractivity (Wildman–Crippen MR) is 129 cm³/mol. The molecule has 0 aliphatic heterocycles. The number of benzene rings is 3. The molecule has 0 atom stereocenters. The zero-order chi connectivity index (χ0) is 23.8. The summed E-state index contributed by atoms with van der Waals surface area (Å²) in [5, 5.41) is 15.1. The SMILES string of the molecule is CCCCN(CCc1ccccc1)c1cc(C(=O)O)cc(S(N)(=O)=O)c1Oc1ccccc1. The fourth-order valence-electron chi connectivity index (χ4n) is 3.48. The molecule has 0 radical (unpaired) electrons.